The average molecular weight is 463 g/mol. The predicted molar refractivity (Wildman–Crippen MR) is 121 cm³/mol. The molecule has 0 bridgehead atoms. The highest BCUT2D eigenvalue weighted by molar-refractivity contribution is 6.32. The maximum Gasteiger partial charge on any atom is 0.341 e. The van der Waals surface area contributed by atoms with Gasteiger partial charge < -0.3 is 19.3 Å². The summed E-state index contributed by atoms with van der Waals surface area (Å²) in [6.07, 6.45) is 2.83. The number of pyridine rings is 1. The third-order valence-corrected chi connectivity index (χ3v) is 6.19. The Kier molecular flexibility index (Phi) is 6.20. The topological polar surface area (TPSA) is 90.2 Å². The molecule has 0 saturated carbocycles. The number of carboxylic acids is 1. The van der Waals surface area contributed by atoms with Crippen molar-refractivity contribution in [3.8, 4) is 17.0 Å². The molecule has 3 heterocycles. The molecular weight excluding hydrogens is 436 g/mol. The van der Waals surface area contributed by atoms with E-state index < -0.39 is 16.9 Å². The lowest BCUT2D eigenvalue weighted by molar-refractivity contribution is 0.0694. The molecule has 9 heteroatoms. The number of rotatable bonds is 6. The molecule has 4 rings (SSSR count). The van der Waals surface area contributed by atoms with Crippen molar-refractivity contribution in [2.75, 3.05) is 38.5 Å². The van der Waals surface area contributed by atoms with Gasteiger partial charge in [0, 0.05) is 44.6 Å². The van der Waals surface area contributed by atoms with E-state index in [1.807, 2.05) is 19.9 Å². The number of hydrogen-bond acceptors (Lipinski definition) is 6. The lowest BCUT2D eigenvalue weighted by Crippen LogP contribution is -2.56. The first-order valence-corrected chi connectivity index (χ1v) is 11.0. The van der Waals surface area contributed by atoms with E-state index in [1.165, 1.54) is 12.3 Å². The minimum absolute atomic E-state index is 0.113. The van der Waals surface area contributed by atoms with Gasteiger partial charge in [0.05, 0.1) is 35.5 Å². The van der Waals surface area contributed by atoms with E-state index in [9.17, 15) is 14.7 Å². The first kappa shape index (κ1) is 22.6. The Morgan fingerprint density at radius 2 is 2.09 bits per heavy atom. The van der Waals surface area contributed by atoms with E-state index in [2.05, 4.69) is 5.01 Å². The molecule has 2 aromatic rings. The maximum absolute atomic E-state index is 12.6. The number of carboxylic acid groups (broad SMARTS) is 1. The van der Waals surface area contributed by atoms with E-state index in [-0.39, 0.29) is 11.6 Å². The highest BCUT2D eigenvalue weighted by Crippen LogP contribution is 2.45. The second-order valence-electron chi connectivity index (χ2n) is 8.67. The zero-order valence-electron chi connectivity index (χ0n) is 18.4. The standard InChI is InChI=1S/C23H27ClN2O6/c1-23(2)13-31-8-5-18-15-10-21(32-7-4-6-30-3)17(24)9-14(15)19-11-20(27)16(22(28)29)12-25(19)26(18)23/h9-12,18H,4-8,13H2,1-3H3,(H,28,29)/t18-/m0/s1. The summed E-state index contributed by atoms with van der Waals surface area (Å²) in [7, 11) is 1.64. The minimum Gasteiger partial charge on any atom is -0.492 e. The van der Waals surface area contributed by atoms with Crippen molar-refractivity contribution in [2.24, 2.45) is 0 Å². The number of benzene rings is 1. The van der Waals surface area contributed by atoms with E-state index in [4.69, 9.17) is 25.8 Å². The summed E-state index contributed by atoms with van der Waals surface area (Å²) in [4.78, 5) is 24.3. The number of fused-ring (bicyclic) bond motifs is 6. The summed E-state index contributed by atoms with van der Waals surface area (Å²) in [6.45, 7) is 6.15. The lowest BCUT2D eigenvalue weighted by Gasteiger charge is -2.48. The molecule has 8 nitrogen and oxygen atoms in total. The Morgan fingerprint density at radius 3 is 2.81 bits per heavy atom. The Hall–Kier alpha value is -2.55. The molecular formula is C23H27ClN2O6. The smallest absolute Gasteiger partial charge is 0.341 e. The Morgan fingerprint density at radius 1 is 1.31 bits per heavy atom. The molecule has 1 atom stereocenters. The van der Waals surface area contributed by atoms with Crippen LogP contribution in [0.4, 0.5) is 0 Å². The van der Waals surface area contributed by atoms with Gasteiger partial charge >= 0.3 is 5.97 Å². The van der Waals surface area contributed by atoms with Crippen molar-refractivity contribution >= 4 is 17.6 Å². The van der Waals surface area contributed by atoms with Gasteiger partial charge in [0.2, 0.25) is 0 Å². The molecule has 2 aliphatic heterocycles. The van der Waals surface area contributed by atoms with Crippen LogP contribution >= 0.6 is 11.6 Å². The van der Waals surface area contributed by atoms with Gasteiger partial charge in [-0.25, -0.2) is 4.79 Å². The van der Waals surface area contributed by atoms with Crippen LogP contribution in [0.25, 0.3) is 11.3 Å². The molecule has 1 aromatic carbocycles. The van der Waals surface area contributed by atoms with Crippen LogP contribution in [0.5, 0.6) is 5.75 Å². The van der Waals surface area contributed by atoms with Crippen LogP contribution in [0.3, 0.4) is 0 Å². The number of hydrogen-bond donors (Lipinski definition) is 1. The van der Waals surface area contributed by atoms with Crippen LogP contribution in [0.1, 0.15) is 48.7 Å². The van der Waals surface area contributed by atoms with Gasteiger partial charge in [0.1, 0.15) is 11.3 Å². The first-order valence-electron chi connectivity index (χ1n) is 10.6. The molecule has 2 aliphatic rings. The van der Waals surface area contributed by atoms with E-state index in [0.717, 1.165) is 17.5 Å². The first-order chi connectivity index (χ1) is 15.2. The molecule has 1 fully saturated rings. The van der Waals surface area contributed by atoms with Crippen molar-refractivity contribution in [2.45, 2.75) is 38.3 Å². The van der Waals surface area contributed by atoms with Gasteiger partial charge in [0.15, 0.2) is 5.43 Å². The highest BCUT2D eigenvalue weighted by Gasteiger charge is 2.42. The number of nitrogens with zero attached hydrogens (tertiary/aromatic N) is 2. The van der Waals surface area contributed by atoms with Gasteiger partial charge in [-0.15, -0.1) is 0 Å². The quantitative estimate of drug-likeness (QED) is 0.657. The van der Waals surface area contributed by atoms with Crippen molar-refractivity contribution < 1.29 is 24.1 Å². The second-order valence-corrected chi connectivity index (χ2v) is 9.07. The molecule has 1 aromatic heterocycles. The molecule has 0 radical (unpaired) electrons. The summed E-state index contributed by atoms with van der Waals surface area (Å²) in [6, 6.07) is 4.99. The van der Waals surface area contributed by atoms with Crippen molar-refractivity contribution in [3.05, 3.63) is 50.8 Å². The molecule has 0 amide bonds. The number of aromatic nitrogens is 1. The summed E-state index contributed by atoms with van der Waals surface area (Å²) in [5, 5.41) is 12.1. The van der Waals surface area contributed by atoms with Crippen LogP contribution in [0.15, 0.2) is 29.2 Å². The SMILES string of the molecule is COCCCOc1cc2c(cc1Cl)-c1cc(=O)c(C(=O)O)cn1N1[C@H]2CCOCC1(C)C. The third-order valence-electron chi connectivity index (χ3n) is 5.89. The largest absolute Gasteiger partial charge is 0.492 e. The summed E-state index contributed by atoms with van der Waals surface area (Å²) < 4.78 is 18.7. The van der Waals surface area contributed by atoms with Crippen molar-refractivity contribution in [3.63, 3.8) is 0 Å². The van der Waals surface area contributed by atoms with Crippen molar-refractivity contribution in [1.82, 2.24) is 4.68 Å². The van der Waals surface area contributed by atoms with Crippen LogP contribution in [-0.2, 0) is 9.47 Å². The molecule has 32 heavy (non-hydrogen) atoms. The Bertz CT molecular complexity index is 1100. The fourth-order valence-electron chi connectivity index (χ4n) is 4.48. The average Bonchev–Trinajstić information content (AvgIpc) is 2.89. The van der Waals surface area contributed by atoms with Crippen LogP contribution in [0, 0.1) is 0 Å². The third kappa shape index (κ3) is 3.98. The molecule has 172 valence electrons. The normalized spacial score (nSPS) is 18.9. The fourth-order valence-corrected chi connectivity index (χ4v) is 4.70. The van der Waals surface area contributed by atoms with Gasteiger partial charge in [0.25, 0.3) is 0 Å². The van der Waals surface area contributed by atoms with E-state index >= 15 is 0 Å². The number of methoxy groups -OCH3 is 1. The molecule has 0 spiro atoms. The van der Waals surface area contributed by atoms with Crippen LogP contribution in [-0.4, -0.2) is 54.8 Å². The van der Waals surface area contributed by atoms with Gasteiger partial charge in [-0.3, -0.25) is 14.5 Å². The Balaban J connectivity index is 1.90. The minimum atomic E-state index is -1.26. The van der Waals surface area contributed by atoms with Gasteiger partial charge in [-0.1, -0.05) is 11.6 Å². The monoisotopic (exact) mass is 462 g/mol. The second kappa shape index (κ2) is 8.77. The summed E-state index contributed by atoms with van der Waals surface area (Å²) in [5.74, 6) is -0.684. The molecule has 1 N–H and O–H groups in total. The molecule has 0 unspecified atom stereocenters. The number of ether oxygens (including phenoxy) is 3. The zero-order valence-corrected chi connectivity index (χ0v) is 19.1. The summed E-state index contributed by atoms with van der Waals surface area (Å²) >= 11 is 6.55. The maximum atomic E-state index is 12.6. The van der Waals surface area contributed by atoms with E-state index in [0.29, 0.717) is 49.3 Å². The van der Waals surface area contributed by atoms with Crippen LogP contribution < -0.4 is 15.2 Å². The molecule has 1 saturated heterocycles. The molecule has 0 aliphatic carbocycles. The van der Waals surface area contributed by atoms with Gasteiger partial charge in [-0.2, -0.15) is 0 Å². The number of halogens is 1. The summed E-state index contributed by atoms with van der Waals surface area (Å²) in [5.41, 5.74) is 1.06. The Labute approximate surface area is 191 Å². The van der Waals surface area contributed by atoms with Crippen LogP contribution in [0.2, 0.25) is 5.02 Å². The number of aromatic carboxylic acids is 1. The fraction of sp³-hybridized carbons (Fsp3) is 0.478. The van der Waals surface area contributed by atoms with Crippen molar-refractivity contribution in [1.29, 1.82) is 0 Å². The predicted octanol–water partition coefficient (Wildman–Crippen LogP) is 3.47. The number of carbonyl (C=O) groups is 1. The van der Waals surface area contributed by atoms with Gasteiger partial charge in [-0.05, 0) is 38.0 Å². The van der Waals surface area contributed by atoms with E-state index in [1.54, 1.807) is 17.9 Å². The zero-order chi connectivity index (χ0) is 23.0. The lowest BCUT2D eigenvalue weighted by atomic mass is 9.90. The highest BCUT2D eigenvalue weighted by atomic mass is 35.5.